The molecular weight excluding hydrogens is 281 g/mol. The zero-order chi connectivity index (χ0) is 15.2. The van der Waals surface area contributed by atoms with Gasteiger partial charge >= 0.3 is 5.97 Å². The van der Waals surface area contributed by atoms with Crippen LogP contribution in [-0.2, 0) is 16.1 Å². The van der Waals surface area contributed by atoms with Gasteiger partial charge in [0.2, 0.25) is 5.91 Å². The van der Waals surface area contributed by atoms with E-state index in [9.17, 15) is 14.0 Å². The zero-order valence-electron chi connectivity index (χ0n) is 11.1. The molecule has 0 saturated heterocycles. The smallest absolute Gasteiger partial charge is 0.378 e. The Balaban J connectivity index is 2.03. The molecular formula is C12H12FN5O3. The number of benzene rings is 1. The van der Waals surface area contributed by atoms with E-state index in [2.05, 4.69) is 20.8 Å². The van der Waals surface area contributed by atoms with E-state index in [-0.39, 0.29) is 19.0 Å². The first-order valence-electron chi connectivity index (χ1n) is 6.09. The number of aromatic nitrogens is 4. The minimum atomic E-state index is -0.721. The van der Waals surface area contributed by atoms with Crippen LogP contribution < -0.4 is 5.32 Å². The number of ether oxygens (including phenoxy) is 1. The largest absolute Gasteiger partial charge is 0.460 e. The fraction of sp³-hybridized carbons (Fsp3) is 0.250. The Hall–Kier alpha value is -2.84. The molecule has 0 saturated carbocycles. The summed E-state index contributed by atoms with van der Waals surface area (Å²) >= 11 is 0. The Morgan fingerprint density at radius 3 is 2.95 bits per heavy atom. The van der Waals surface area contributed by atoms with E-state index < -0.39 is 17.7 Å². The Kier molecular flexibility index (Phi) is 4.54. The van der Waals surface area contributed by atoms with Crippen molar-refractivity contribution in [2.75, 3.05) is 11.9 Å². The first kappa shape index (κ1) is 14.6. The van der Waals surface area contributed by atoms with Crippen LogP contribution >= 0.6 is 0 Å². The molecule has 1 heterocycles. The van der Waals surface area contributed by atoms with Crippen LogP contribution in [0.15, 0.2) is 24.3 Å². The lowest BCUT2D eigenvalue weighted by atomic mass is 10.3. The molecule has 1 amide bonds. The van der Waals surface area contributed by atoms with Crippen LogP contribution in [0, 0.1) is 5.82 Å². The van der Waals surface area contributed by atoms with Gasteiger partial charge in [-0.3, -0.25) is 4.79 Å². The number of nitrogens with zero attached hydrogens (tertiary/aromatic N) is 4. The minimum absolute atomic E-state index is 0.168. The Morgan fingerprint density at radius 1 is 1.43 bits per heavy atom. The monoisotopic (exact) mass is 293 g/mol. The molecule has 8 nitrogen and oxygen atoms in total. The lowest BCUT2D eigenvalue weighted by Crippen LogP contribution is -2.23. The van der Waals surface area contributed by atoms with E-state index in [1.54, 1.807) is 6.92 Å². The number of carbonyl (C=O) groups is 2. The number of esters is 1. The average molecular weight is 293 g/mol. The van der Waals surface area contributed by atoms with Gasteiger partial charge < -0.3 is 10.1 Å². The quantitative estimate of drug-likeness (QED) is 0.812. The predicted octanol–water partition coefficient (Wildman–Crippen LogP) is 0.628. The second-order valence-corrected chi connectivity index (χ2v) is 3.94. The maximum atomic E-state index is 13.0. The minimum Gasteiger partial charge on any atom is -0.460 e. The molecule has 1 aromatic heterocycles. The number of nitrogens with one attached hydrogen (secondary N) is 1. The van der Waals surface area contributed by atoms with Crippen molar-refractivity contribution in [3.63, 3.8) is 0 Å². The van der Waals surface area contributed by atoms with Crippen molar-refractivity contribution in [2.24, 2.45) is 0 Å². The molecule has 1 aromatic carbocycles. The van der Waals surface area contributed by atoms with Crippen molar-refractivity contribution >= 4 is 17.6 Å². The fourth-order valence-electron chi connectivity index (χ4n) is 1.56. The standard InChI is InChI=1S/C12H12FN5O3/c1-2-21-12(20)11-15-16-17-18(11)7-10(19)14-9-5-3-4-8(13)6-9/h3-6H,2,7H2,1H3,(H,14,19). The molecule has 0 spiro atoms. The molecule has 2 rings (SSSR count). The maximum absolute atomic E-state index is 13.0. The highest BCUT2D eigenvalue weighted by Crippen LogP contribution is 2.09. The van der Waals surface area contributed by atoms with E-state index in [1.165, 1.54) is 24.3 Å². The number of hydrogen-bond acceptors (Lipinski definition) is 6. The number of halogens is 1. The summed E-state index contributed by atoms with van der Waals surface area (Å²) in [4.78, 5) is 23.4. The Bertz CT molecular complexity index is 658. The predicted molar refractivity (Wildman–Crippen MR) is 68.8 cm³/mol. The molecule has 0 aliphatic heterocycles. The lowest BCUT2D eigenvalue weighted by molar-refractivity contribution is -0.116. The molecule has 9 heteroatoms. The molecule has 0 atom stereocenters. The summed E-state index contributed by atoms with van der Waals surface area (Å²) in [5.74, 6) is -1.87. The van der Waals surface area contributed by atoms with Crippen molar-refractivity contribution in [3.05, 3.63) is 35.9 Å². The van der Waals surface area contributed by atoms with Gasteiger partial charge in [0.05, 0.1) is 6.61 Å². The van der Waals surface area contributed by atoms with Gasteiger partial charge in [0.25, 0.3) is 5.82 Å². The number of anilines is 1. The van der Waals surface area contributed by atoms with Crippen LogP contribution in [0.2, 0.25) is 0 Å². The molecule has 0 bridgehead atoms. The molecule has 0 radical (unpaired) electrons. The third kappa shape index (κ3) is 3.81. The Morgan fingerprint density at radius 2 is 2.24 bits per heavy atom. The third-order valence-electron chi connectivity index (χ3n) is 2.39. The van der Waals surface area contributed by atoms with Crippen molar-refractivity contribution in [1.82, 2.24) is 20.2 Å². The molecule has 21 heavy (non-hydrogen) atoms. The van der Waals surface area contributed by atoms with Crippen molar-refractivity contribution < 1.29 is 18.7 Å². The zero-order valence-corrected chi connectivity index (χ0v) is 11.1. The summed E-state index contributed by atoms with van der Waals surface area (Å²) in [5.41, 5.74) is 0.297. The van der Waals surface area contributed by atoms with Crippen LogP contribution in [-0.4, -0.2) is 38.7 Å². The fourth-order valence-corrected chi connectivity index (χ4v) is 1.56. The second-order valence-electron chi connectivity index (χ2n) is 3.94. The van der Waals surface area contributed by atoms with Gasteiger partial charge in [-0.25, -0.2) is 13.9 Å². The summed E-state index contributed by atoms with van der Waals surface area (Å²) in [6, 6.07) is 5.43. The summed E-state index contributed by atoms with van der Waals surface area (Å²) in [5, 5.41) is 12.8. The number of tetrazole rings is 1. The third-order valence-corrected chi connectivity index (χ3v) is 2.39. The molecule has 0 fully saturated rings. The van der Waals surface area contributed by atoms with E-state index >= 15 is 0 Å². The van der Waals surface area contributed by atoms with Gasteiger partial charge in [-0.05, 0) is 35.5 Å². The van der Waals surface area contributed by atoms with Gasteiger partial charge in [0, 0.05) is 5.69 Å². The molecule has 1 N–H and O–H groups in total. The highest BCUT2D eigenvalue weighted by Gasteiger charge is 2.18. The SMILES string of the molecule is CCOC(=O)c1nnnn1CC(=O)Nc1cccc(F)c1. The molecule has 110 valence electrons. The number of carbonyl (C=O) groups excluding carboxylic acids is 2. The van der Waals surface area contributed by atoms with Crippen LogP contribution in [0.4, 0.5) is 10.1 Å². The van der Waals surface area contributed by atoms with Crippen molar-refractivity contribution in [2.45, 2.75) is 13.5 Å². The van der Waals surface area contributed by atoms with Crippen LogP contribution in [0.3, 0.4) is 0 Å². The summed E-state index contributed by atoms with van der Waals surface area (Å²) < 4.78 is 18.8. The van der Waals surface area contributed by atoms with Crippen LogP contribution in [0.25, 0.3) is 0 Å². The molecule has 2 aromatic rings. The highest BCUT2D eigenvalue weighted by atomic mass is 19.1. The summed E-state index contributed by atoms with van der Waals surface area (Å²) in [6.07, 6.45) is 0. The summed E-state index contributed by atoms with van der Waals surface area (Å²) in [7, 11) is 0. The van der Waals surface area contributed by atoms with Gasteiger partial charge in [-0.15, -0.1) is 5.10 Å². The van der Waals surface area contributed by atoms with E-state index in [0.29, 0.717) is 5.69 Å². The second kappa shape index (κ2) is 6.55. The first-order valence-corrected chi connectivity index (χ1v) is 6.09. The topological polar surface area (TPSA) is 99.0 Å². The van der Waals surface area contributed by atoms with Crippen LogP contribution in [0.1, 0.15) is 17.5 Å². The van der Waals surface area contributed by atoms with Gasteiger partial charge in [0.15, 0.2) is 0 Å². The van der Waals surface area contributed by atoms with Crippen molar-refractivity contribution in [3.8, 4) is 0 Å². The average Bonchev–Trinajstić information content (AvgIpc) is 2.87. The van der Waals surface area contributed by atoms with Gasteiger partial charge in [-0.2, -0.15) is 0 Å². The number of rotatable bonds is 5. The van der Waals surface area contributed by atoms with Crippen molar-refractivity contribution in [1.29, 1.82) is 0 Å². The maximum Gasteiger partial charge on any atom is 0.378 e. The number of amides is 1. The summed E-state index contributed by atoms with van der Waals surface area (Å²) in [6.45, 7) is 1.52. The van der Waals surface area contributed by atoms with E-state index in [1.807, 2.05) is 0 Å². The van der Waals surface area contributed by atoms with Gasteiger partial charge in [0.1, 0.15) is 12.4 Å². The first-order chi connectivity index (χ1) is 10.1. The molecule has 0 aliphatic rings. The molecule has 0 unspecified atom stereocenters. The highest BCUT2D eigenvalue weighted by molar-refractivity contribution is 5.91. The van der Waals surface area contributed by atoms with Crippen LogP contribution in [0.5, 0.6) is 0 Å². The number of hydrogen-bond donors (Lipinski definition) is 1. The van der Waals surface area contributed by atoms with Gasteiger partial charge in [-0.1, -0.05) is 6.07 Å². The Labute approximate surface area is 118 Å². The lowest BCUT2D eigenvalue weighted by Gasteiger charge is -2.06. The molecule has 0 aliphatic carbocycles. The van der Waals surface area contributed by atoms with E-state index in [0.717, 1.165) is 4.68 Å². The van der Waals surface area contributed by atoms with E-state index in [4.69, 9.17) is 4.74 Å². The normalized spacial score (nSPS) is 10.2.